The molecule has 0 aliphatic rings. The zero-order valence-electron chi connectivity index (χ0n) is 14.8. The van der Waals surface area contributed by atoms with Gasteiger partial charge in [-0.05, 0) is 36.4 Å². The van der Waals surface area contributed by atoms with Gasteiger partial charge in [0.1, 0.15) is 0 Å². The lowest BCUT2D eigenvalue weighted by Gasteiger charge is -2.10. The van der Waals surface area contributed by atoms with Crippen molar-refractivity contribution in [2.75, 3.05) is 12.4 Å². The fourth-order valence-electron chi connectivity index (χ4n) is 2.48. The molecule has 0 bridgehead atoms. The zero-order valence-corrected chi connectivity index (χ0v) is 16.4. The van der Waals surface area contributed by atoms with E-state index < -0.39 is 27.8 Å². The Hall–Kier alpha value is -3.73. The fourth-order valence-corrected chi connectivity index (χ4v) is 2.74. The molecule has 148 valence electrons. The molecular formula is C18H13BrN4O6. The number of nitrogens with one attached hydrogen (secondary N) is 1. The number of carbonyl (C=O) groups is 1. The molecule has 3 rings (SSSR count). The molecule has 0 unspecified atom stereocenters. The third-order valence-electron chi connectivity index (χ3n) is 3.83. The number of carbonyl (C=O) groups excluding carboxylic acids is 1. The van der Waals surface area contributed by atoms with Gasteiger partial charge in [-0.15, -0.1) is 0 Å². The highest BCUT2D eigenvalue weighted by molar-refractivity contribution is 9.10. The summed E-state index contributed by atoms with van der Waals surface area (Å²) in [6.07, 6.45) is 0. The molecule has 0 atom stereocenters. The van der Waals surface area contributed by atoms with Gasteiger partial charge in [0.05, 0.1) is 17.7 Å². The Kier molecular flexibility index (Phi) is 5.59. The highest BCUT2D eigenvalue weighted by Gasteiger charge is 2.20. The van der Waals surface area contributed by atoms with E-state index >= 15 is 0 Å². The number of aromatic hydroxyl groups is 1. The second-order valence-electron chi connectivity index (χ2n) is 5.70. The smallest absolute Gasteiger partial charge is 0.312 e. The topological polar surface area (TPSA) is 137 Å². The van der Waals surface area contributed by atoms with Gasteiger partial charge in [-0.3, -0.25) is 19.7 Å². The maximum Gasteiger partial charge on any atom is 0.312 e. The number of nitrogens with zero attached hydrogens (tertiary/aromatic N) is 3. The van der Waals surface area contributed by atoms with Crippen molar-refractivity contribution in [2.45, 2.75) is 0 Å². The van der Waals surface area contributed by atoms with Crippen LogP contribution in [0.3, 0.4) is 0 Å². The molecule has 0 saturated heterocycles. The number of rotatable bonds is 5. The van der Waals surface area contributed by atoms with Gasteiger partial charge in [-0.25, -0.2) is 0 Å². The van der Waals surface area contributed by atoms with Crippen LogP contribution in [0.25, 0.3) is 5.69 Å². The summed E-state index contributed by atoms with van der Waals surface area (Å²) in [6, 6.07) is 11.3. The van der Waals surface area contributed by atoms with Crippen molar-refractivity contribution >= 4 is 33.2 Å². The van der Waals surface area contributed by atoms with Gasteiger partial charge < -0.3 is 15.2 Å². The summed E-state index contributed by atoms with van der Waals surface area (Å²) in [7, 11) is 1.29. The number of aromatic nitrogens is 2. The maximum atomic E-state index is 12.6. The lowest BCUT2D eigenvalue weighted by atomic mass is 10.2. The van der Waals surface area contributed by atoms with E-state index in [-0.39, 0.29) is 17.1 Å². The van der Waals surface area contributed by atoms with Gasteiger partial charge >= 0.3 is 5.69 Å². The number of nitro groups is 1. The van der Waals surface area contributed by atoms with Crippen molar-refractivity contribution in [1.82, 2.24) is 9.78 Å². The summed E-state index contributed by atoms with van der Waals surface area (Å²) in [5.74, 6) is -1.45. The van der Waals surface area contributed by atoms with Crippen molar-refractivity contribution in [3.05, 3.63) is 79.2 Å². The minimum absolute atomic E-state index is 0.0257. The molecule has 0 saturated carbocycles. The van der Waals surface area contributed by atoms with E-state index in [0.717, 1.165) is 21.3 Å². The van der Waals surface area contributed by atoms with Gasteiger partial charge in [-0.2, -0.15) is 9.78 Å². The highest BCUT2D eigenvalue weighted by Crippen LogP contribution is 2.30. The Labute approximate surface area is 171 Å². The SMILES string of the molecule is COc1ccc(NC(=O)c2nn(-c3ccc(Br)cc3)c(=O)cc2O)cc1[N+](=O)[O-]. The second kappa shape index (κ2) is 8.10. The van der Waals surface area contributed by atoms with E-state index in [1.54, 1.807) is 24.3 Å². The van der Waals surface area contributed by atoms with E-state index in [4.69, 9.17) is 4.74 Å². The van der Waals surface area contributed by atoms with Crippen LogP contribution in [0, 0.1) is 10.1 Å². The van der Waals surface area contributed by atoms with Gasteiger partial charge in [0, 0.05) is 22.3 Å². The van der Waals surface area contributed by atoms with Crippen LogP contribution in [-0.2, 0) is 0 Å². The number of anilines is 1. The van der Waals surface area contributed by atoms with E-state index in [0.29, 0.717) is 5.69 Å². The number of hydrogen-bond acceptors (Lipinski definition) is 7. The van der Waals surface area contributed by atoms with Gasteiger partial charge in [0.15, 0.2) is 17.2 Å². The molecule has 0 fully saturated rings. The molecule has 2 aromatic carbocycles. The number of nitro benzene ring substituents is 1. The van der Waals surface area contributed by atoms with Crippen molar-refractivity contribution in [3.8, 4) is 17.2 Å². The van der Waals surface area contributed by atoms with Crippen molar-refractivity contribution in [3.63, 3.8) is 0 Å². The third kappa shape index (κ3) is 4.24. The van der Waals surface area contributed by atoms with E-state index in [2.05, 4.69) is 26.3 Å². The Balaban J connectivity index is 1.96. The number of amides is 1. The molecule has 0 spiro atoms. The van der Waals surface area contributed by atoms with Crippen LogP contribution in [0.2, 0.25) is 0 Å². The quantitative estimate of drug-likeness (QED) is 0.440. The molecule has 1 aromatic heterocycles. The molecule has 29 heavy (non-hydrogen) atoms. The lowest BCUT2D eigenvalue weighted by molar-refractivity contribution is -0.385. The minimum Gasteiger partial charge on any atom is -0.505 e. The Morgan fingerprint density at radius 2 is 1.93 bits per heavy atom. The summed E-state index contributed by atoms with van der Waals surface area (Å²) in [4.78, 5) is 35.2. The Bertz CT molecular complexity index is 1160. The summed E-state index contributed by atoms with van der Waals surface area (Å²) in [5.41, 5.74) is -0.938. The predicted molar refractivity (Wildman–Crippen MR) is 107 cm³/mol. The average molecular weight is 461 g/mol. The van der Waals surface area contributed by atoms with Gasteiger partial charge in [0.2, 0.25) is 0 Å². The number of hydrogen-bond donors (Lipinski definition) is 2. The number of benzene rings is 2. The first kappa shape index (κ1) is 20.0. The molecule has 0 aliphatic carbocycles. The summed E-state index contributed by atoms with van der Waals surface area (Å²) >= 11 is 3.28. The molecular weight excluding hydrogens is 448 g/mol. The number of ether oxygens (including phenoxy) is 1. The zero-order chi connectivity index (χ0) is 21.1. The van der Waals surface area contributed by atoms with Gasteiger partial charge in [-0.1, -0.05) is 15.9 Å². The molecule has 10 nitrogen and oxygen atoms in total. The van der Waals surface area contributed by atoms with Crippen LogP contribution in [0.15, 0.2) is 57.8 Å². The summed E-state index contributed by atoms with van der Waals surface area (Å²) < 4.78 is 6.65. The first-order chi connectivity index (χ1) is 13.8. The molecule has 11 heteroatoms. The fraction of sp³-hybridized carbons (Fsp3) is 0.0556. The average Bonchev–Trinajstić information content (AvgIpc) is 2.68. The molecule has 0 radical (unpaired) electrons. The minimum atomic E-state index is -0.854. The highest BCUT2D eigenvalue weighted by atomic mass is 79.9. The molecule has 2 N–H and O–H groups in total. The van der Waals surface area contributed by atoms with Crippen molar-refractivity contribution in [2.24, 2.45) is 0 Å². The van der Waals surface area contributed by atoms with E-state index in [1.807, 2.05) is 0 Å². The normalized spacial score (nSPS) is 10.4. The lowest BCUT2D eigenvalue weighted by Crippen LogP contribution is -2.25. The van der Waals surface area contributed by atoms with Crippen LogP contribution in [-0.4, -0.2) is 32.8 Å². The summed E-state index contributed by atoms with van der Waals surface area (Å²) in [5, 5.41) is 27.5. The first-order valence-corrected chi connectivity index (χ1v) is 8.82. The van der Waals surface area contributed by atoms with Crippen LogP contribution < -0.4 is 15.6 Å². The number of methoxy groups -OCH3 is 1. The molecule has 0 aliphatic heterocycles. The predicted octanol–water partition coefficient (Wildman–Crippen LogP) is 2.87. The largest absolute Gasteiger partial charge is 0.505 e. The monoisotopic (exact) mass is 460 g/mol. The third-order valence-corrected chi connectivity index (χ3v) is 4.36. The first-order valence-electron chi connectivity index (χ1n) is 8.03. The molecule has 1 amide bonds. The van der Waals surface area contributed by atoms with Crippen LogP contribution in [0.1, 0.15) is 10.5 Å². The molecule has 3 aromatic rings. The van der Waals surface area contributed by atoms with Gasteiger partial charge in [0.25, 0.3) is 11.5 Å². The number of halogens is 1. The van der Waals surface area contributed by atoms with Crippen molar-refractivity contribution < 1.29 is 19.6 Å². The molecule has 1 heterocycles. The van der Waals surface area contributed by atoms with Crippen molar-refractivity contribution in [1.29, 1.82) is 0 Å². The van der Waals surface area contributed by atoms with E-state index in [9.17, 15) is 24.8 Å². The van der Waals surface area contributed by atoms with Crippen LogP contribution in [0.5, 0.6) is 11.5 Å². The van der Waals surface area contributed by atoms with E-state index in [1.165, 1.54) is 19.2 Å². The van der Waals surface area contributed by atoms with Crippen LogP contribution in [0.4, 0.5) is 11.4 Å². The maximum absolute atomic E-state index is 12.6. The Morgan fingerprint density at radius 1 is 1.24 bits per heavy atom. The Morgan fingerprint density at radius 3 is 2.55 bits per heavy atom. The second-order valence-corrected chi connectivity index (χ2v) is 6.62. The standard InChI is InChI=1S/C18H13BrN4O6/c1-29-15-7-4-11(8-13(15)23(27)28)20-18(26)17-14(24)9-16(25)22(21-17)12-5-2-10(19)3-6-12/h2-9,24H,1H3,(H,20,26). The summed E-state index contributed by atoms with van der Waals surface area (Å²) in [6.45, 7) is 0. The van der Waals surface area contributed by atoms with Crippen LogP contribution >= 0.6 is 15.9 Å².